The van der Waals surface area contributed by atoms with Crippen molar-refractivity contribution in [3.8, 4) is 6.07 Å². The van der Waals surface area contributed by atoms with E-state index in [1.165, 1.54) is 19.0 Å². The van der Waals surface area contributed by atoms with Crippen molar-refractivity contribution >= 4 is 21.8 Å². The van der Waals surface area contributed by atoms with Crippen LogP contribution in [0.5, 0.6) is 0 Å². The summed E-state index contributed by atoms with van der Waals surface area (Å²) >= 11 is 3.40. The van der Waals surface area contributed by atoms with E-state index < -0.39 is 0 Å². The molecule has 2 rings (SSSR count). The highest BCUT2D eigenvalue weighted by atomic mass is 79.9. The lowest BCUT2D eigenvalue weighted by molar-refractivity contribution is 0.0690. The van der Waals surface area contributed by atoms with Crippen molar-refractivity contribution in [1.29, 1.82) is 5.26 Å². The molecule has 0 aromatic carbocycles. The van der Waals surface area contributed by atoms with Gasteiger partial charge in [0.1, 0.15) is 11.8 Å². The summed E-state index contributed by atoms with van der Waals surface area (Å²) in [5.74, 6) is -0.0316. The second-order valence-corrected chi connectivity index (χ2v) is 5.46. The van der Waals surface area contributed by atoms with Gasteiger partial charge in [-0.3, -0.25) is 4.79 Å². The minimum absolute atomic E-state index is 0.0316. The fourth-order valence-electron chi connectivity index (χ4n) is 2.49. The zero-order valence-electron chi connectivity index (χ0n) is 10.7. The molecule has 0 unspecified atom stereocenters. The average Bonchev–Trinajstić information content (AvgIpc) is 2.98. The SMILES string of the molecule is N#Cc1ccc(C(=O)N(CCBr)C2CCCC2)nc1. The predicted octanol–water partition coefficient (Wildman–Crippen LogP) is 2.73. The van der Waals surface area contributed by atoms with E-state index in [0.717, 1.165) is 18.2 Å². The topological polar surface area (TPSA) is 57.0 Å². The molecule has 0 aliphatic heterocycles. The molecule has 1 aliphatic carbocycles. The molecule has 19 heavy (non-hydrogen) atoms. The minimum Gasteiger partial charge on any atom is -0.333 e. The molecule has 0 spiro atoms. The summed E-state index contributed by atoms with van der Waals surface area (Å²) in [7, 11) is 0. The molecule has 1 saturated carbocycles. The highest BCUT2D eigenvalue weighted by Crippen LogP contribution is 2.24. The smallest absolute Gasteiger partial charge is 0.272 e. The van der Waals surface area contributed by atoms with Crippen LogP contribution in [0.4, 0.5) is 0 Å². The fraction of sp³-hybridized carbons (Fsp3) is 0.500. The molecule has 5 heteroatoms. The summed E-state index contributed by atoms with van der Waals surface area (Å²) in [6, 6.07) is 5.62. The molecule has 0 bridgehead atoms. The Labute approximate surface area is 121 Å². The lowest BCUT2D eigenvalue weighted by atomic mass is 10.2. The lowest BCUT2D eigenvalue weighted by Gasteiger charge is -2.28. The Hall–Kier alpha value is -1.41. The molecule has 0 radical (unpaired) electrons. The summed E-state index contributed by atoms with van der Waals surface area (Å²) < 4.78 is 0. The number of carbonyl (C=O) groups excluding carboxylic acids is 1. The Balaban J connectivity index is 2.15. The highest BCUT2D eigenvalue weighted by molar-refractivity contribution is 9.09. The first kappa shape index (κ1) is 14.0. The highest BCUT2D eigenvalue weighted by Gasteiger charge is 2.27. The fourth-order valence-corrected chi connectivity index (χ4v) is 2.87. The van der Waals surface area contributed by atoms with E-state index in [9.17, 15) is 4.79 Å². The number of halogens is 1. The lowest BCUT2D eigenvalue weighted by Crippen LogP contribution is -2.40. The standard InChI is InChI=1S/C14H16BrN3O/c15-7-8-18(12-3-1-2-4-12)14(19)13-6-5-11(9-16)10-17-13/h5-6,10,12H,1-4,7-8H2. The van der Waals surface area contributed by atoms with Crippen LogP contribution in [0, 0.1) is 11.3 Å². The third-order valence-corrected chi connectivity index (χ3v) is 3.82. The first-order chi connectivity index (χ1) is 9.26. The van der Waals surface area contributed by atoms with Gasteiger partial charge in [0, 0.05) is 24.1 Å². The van der Waals surface area contributed by atoms with Crippen LogP contribution in [-0.4, -0.2) is 33.7 Å². The van der Waals surface area contributed by atoms with Crippen LogP contribution in [0.15, 0.2) is 18.3 Å². The van der Waals surface area contributed by atoms with E-state index in [1.807, 2.05) is 11.0 Å². The molecule has 0 atom stereocenters. The second kappa shape index (κ2) is 6.67. The number of aromatic nitrogens is 1. The number of nitriles is 1. The van der Waals surface area contributed by atoms with Crippen molar-refractivity contribution in [2.45, 2.75) is 31.7 Å². The van der Waals surface area contributed by atoms with Gasteiger partial charge in [-0.1, -0.05) is 28.8 Å². The van der Waals surface area contributed by atoms with Gasteiger partial charge in [0.15, 0.2) is 0 Å². The monoisotopic (exact) mass is 321 g/mol. The largest absolute Gasteiger partial charge is 0.333 e. The van der Waals surface area contributed by atoms with Crippen molar-refractivity contribution in [3.05, 3.63) is 29.6 Å². The molecule has 4 nitrogen and oxygen atoms in total. The number of nitrogens with zero attached hydrogens (tertiary/aromatic N) is 3. The summed E-state index contributed by atoms with van der Waals surface area (Å²) in [6.07, 6.45) is 5.99. The van der Waals surface area contributed by atoms with Crippen molar-refractivity contribution in [2.24, 2.45) is 0 Å². The average molecular weight is 322 g/mol. The van der Waals surface area contributed by atoms with E-state index in [4.69, 9.17) is 5.26 Å². The summed E-state index contributed by atoms with van der Waals surface area (Å²) in [6.45, 7) is 0.700. The number of pyridine rings is 1. The molecular formula is C14H16BrN3O. The minimum atomic E-state index is -0.0316. The van der Waals surface area contributed by atoms with Crippen LogP contribution >= 0.6 is 15.9 Å². The zero-order chi connectivity index (χ0) is 13.7. The number of alkyl halides is 1. The molecule has 1 amide bonds. The Morgan fingerprint density at radius 3 is 2.74 bits per heavy atom. The van der Waals surface area contributed by atoms with Crippen LogP contribution < -0.4 is 0 Å². The maximum absolute atomic E-state index is 12.5. The first-order valence-electron chi connectivity index (χ1n) is 6.49. The molecule has 1 aromatic rings. The molecular weight excluding hydrogens is 306 g/mol. The maximum atomic E-state index is 12.5. The molecule has 1 heterocycles. The maximum Gasteiger partial charge on any atom is 0.272 e. The molecule has 0 saturated heterocycles. The Bertz CT molecular complexity index is 474. The van der Waals surface area contributed by atoms with Crippen molar-refractivity contribution < 1.29 is 4.79 Å². The zero-order valence-corrected chi connectivity index (χ0v) is 12.3. The van der Waals surface area contributed by atoms with Crippen LogP contribution in [0.2, 0.25) is 0 Å². The van der Waals surface area contributed by atoms with Crippen LogP contribution in [0.3, 0.4) is 0 Å². The molecule has 1 aliphatic rings. The van der Waals surface area contributed by atoms with Crippen molar-refractivity contribution in [3.63, 3.8) is 0 Å². The quantitative estimate of drug-likeness (QED) is 0.801. The molecule has 1 aromatic heterocycles. The number of carbonyl (C=O) groups is 1. The van der Waals surface area contributed by atoms with E-state index in [2.05, 4.69) is 20.9 Å². The van der Waals surface area contributed by atoms with Crippen LogP contribution in [0.1, 0.15) is 41.7 Å². The normalized spacial score (nSPS) is 15.2. The van der Waals surface area contributed by atoms with Gasteiger partial charge in [-0.25, -0.2) is 4.98 Å². The Morgan fingerprint density at radius 2 is 2.21 bits per heavy atom. The van der Waals surface area contributed by atoms with Gasteiger partial charge in [0.05, 0.1) is 5.56 Å². The predicted molar refractivity (Wildman–Crippen MR) is 76.0 cm³/mol. The summed E-state index contributed by atoms with van der Waals surface area (Å²) in [5.41, 5.74) is 0.899. The first-order valence-corrected chi connectivity index (χ1v) is 7.61. The summed E-state index contributed by atoms with van der Waals surface area (Å²) in [4.78, 5) is 18.5. The third-order valence-electron chi connectivity index (χ3n) is 3.46. The van der Waals surface area contributed by atoms with Crippen molar-refractivity contribution in [2.75, 3.05) is 11.9 Å². The van der Waals surface area contributed by atoms with Gasteiger partial charge in [-0.15, -0.1) is 0 Å². The van der Waals surface area contributed by atoms with Crippen molar-refractivity contribution in [1.82, 2.24) is 9.88 Å². The van der Waals surface area contributed by atoms with Gasteiger partial charge < -0.3 is 4.90 Å². The van der Waals surface area contributed by atoms with Crippen LogP contribution in [0.25, 0.3) is 0 Å². The molecule has 1 fully saturated rings. The van der Waals surface area contributed by atoms with E-state index >= 15 is 0 Å². The number of amides is 1. The van der Waals surface area contributed by atoms with E-state index in [1.54, 1.807) is 12.1 Å². The number of rotatable bonds is 4. The Morgan fingerprint density at radius 1 is 1.47 bits per heavy atom. The van der Waals surface area contributed by atoms with E-state index in [-0.39, 0.29) is 5.91 Å². The van der Waals surface area contributed by atoms with Gasteiger partial charge in [0.25, 0.3) is 5.91 Å². The molecule has 0 N–H and O–H groups in total. The molecule has 100 valence electrons. The Kier molecular flexibility index (Phi) is 4.92. The van der Waals surface area contributed by atoms with E-state index in [0.29, 0.717) is 23.8 Å². The van der Waals surface area contributed by atoms with Gasteiger partial charge in [-0.2, -0.15) is 5.26 Å². The van der Waals surface area contributed by atoms with Crippen LogP contribution in [-0.2, 0) is 0 Å². The van der Waals surface area contributed by atoms with Gasteiger partial charge >= 0.3 is 0 Å². The second-order valence-electron chi connectivity index (χ2n) is 4.67. The number of hydrogen-bond donors (Lipinski definition) is 0. The van der Waals surface area contributed by atoms with Gasteiger partial charge in [-0.05, 0) is 25.0 Å². The third kappa shape index (κ3) is 3.32. The number of hydrogen-bond acceptors (Lipinski definition) is 3. The van der Waals surface area contributed by atoms with Gasteiger partial charge in [0.2, 0.25) is 0 Å². The summed E-state index contributed by atoms with van der Waals surface area (Å²) in [5, 5.41) is 9.51.